The zero-order valence-corrected chi connectivity index (χ0v) is 5.47. The quantitative estimate of drug-likeness (QED) is 0.467. The van der Waals surface area contributed by atoms with Gasteiger partial charge in [0.2, 0.25) is 0 Å². The van der Waals surface area contributed by atoms with Gasteiger partial charge in [0.25, 0.3) is 0 Å². The lowest BCUT2D eigenvalue weighted by atomic mass is 9.91. The van der Waals surface area contributed by atoms with Crippen LogP contribution in [0.5, 0.6) is 0 Å². The number of carbonyl (C=O) groups is 1. The first kappa shape index (κ1) is 5.42. The van der Waals surface area contributed by atoms with Crippen molar-refractivity contribution >= 4 is 5.78 Å². The Balaban J connectivity index is 2.01. The molecule has 2 fully saturated rings. The lowest BCUT2D eigenvalue weighted by molar-refractivity contribution is -0.138. The van der Waals surface area contributed by atoms with Crippen LogP contribution < -0.4 is 0 Å². The highest BCUT2D eigenvalue weighted by atomic mass is 16.1. The summed E-state index contributed by atoms with van der Waals surface area (Å²) in [6, 6.07) is 0.346. The van der Waals surface area contributed by atoms with Crippen molar-refractivity contribution in [1.29, 1.82) is 0 Å². The summed E-state index contributed by atoms with van der Waals surface area (Å²) >= 11 is 0. The van der Waals surface area contributed by atoms with Crippen LogP contribution in [0.4, 0.5) is 0 Å². The number of rotatable bonds is 0. The van der Waals surface area contributed by atoms with Gasteiger partial charge in [-0.1, -0.05) is 6.42 Å². The van der Waals surface area contributed by atoms with Crippen molar-refractivity contribution in [3.8, 4) is 0 Å². The number of nitrogens with zero attached hydrogens (tertiary/aromatic N) is 1. The van der Waals surface area contributed by atoms with Gasteiger partial charge in [0.15, 0.2) is 5.78 Å². The number of Topliss-reactive ketones (excluding diaryl/α,β-unsaturated/α-hetero) is 1. The molecule has 50 valence electrons. The molecule has 0 radical (unpaired) electrons. The van der Waals surface area contributed by atoms with Crippen molar-refractivity contribution in [2.45, 2.75) is 25.3 Å². The Bertz CT molecular complexity index is 144. The summed E-state index contributed by atoms with van der Waals surface area (Å²) in [5.41, 5.74) is 0. The van der Waals surface area contributed by atoms with Gasteiger partial charge >= 0.3 is 0 Å². The Morgan fingerprint density at radius 3 is 2.89 bits per heavy atom. The fourth-order valence-electron chi connectivity index (χ4n) is 1.74. The second kappa shape index (κ2) is 1.81. The molecule has 2 aliphatic rings. The first-order chi connectivity index (χ1) is 4.38. The number of piperidine rings is 1. The molecule has 0 N–H and O–H groups in total. The van der Waals surface area contributed by atoms with Crippen molar-refractivity contribution in [3.63, 3.8) is 0 Å². The van der Waals surface area contributed by atoms with E-state index in [1.54, 1.807) is 0 Å². The average molecular weight is 125 g/mol. The molecule has 2 rings (SSSR count). The van der Waals surface area contributed by atoms with Gasteiger partial charge in [-0.25, -0.2) is 0 Å². The Kier molecular flexibility index (Phi) is 1.09. The van der Waals surface area contributed by atoms with Gasteiger partial charge in [0.05, 0.1) is 12.6 Å². The SMILES string of the molecule is O=C1CN2CCCCC12. The normalized spacial score (nSPS) is 35.6. The first-order valence-electron chi connectivity index (χ1n) is 3.65. The summed E-state index contributed by atoms with van der Waals surface area (Å²) in [5, 5.41) is 0. The van der Waals surface area contributed by atoms with Crippen molar-refractivity contribution in [2.75, 3.05) is 13.1 Å². The van der Waals surface area contributed by atoms with Crippen LogP contribution in [0.15, 0.2) is 0 Å². The van der Waals surface area contributed by atoms with Gasteiger partial charge < -0.3 is 0 Å². The maximum atomic E-state index is 10.8. The minimum absolute atomic E-state index is 0.346. The van der Waals surface area contributed by atoms with E-state index < -0.39 is 0 Å². The van der Waals surface area contributed by atoms with E-state index >= 15 is 0 Å². The van der Waals surface area contributed by atoms with E-state index in [0.29, 0.717) is 11.8 Å². The van der Waals surface area contributed by atoms with Crippen molar-refractivity contribution in [2.24, 2.45) is 0 Å². The third kappa shape index (κ3) is 0.697. The van der Waals surface area contributed by atoms with Crippen LogP contribution in [-0.2, 0) is 4.79 Å². The third-order valence-corrected chi connectivity index (χ3v) is 2.34. The zero-order valence-electron chi connectivity index (χ0n) is 5.47. The Morgan fingerprint density at radius 2 is 2.33 bits per heavy atom. The molecule has 0 aromatic carbocycles. The molecule has 1 atom stereocenters. The van der Waals surface area contributed by atoms with Gasteiger partial charge in [0.1, 0.15) is 0 Å². The number of fused-ring (bicyclic) bond motifs is 1. The van der Waals surface area contributed by atoms with E-state index in [4.69, 9.17) is 0 Å². The van der Waals surface area contributed by atoms with Crippen LogP contribution in [0.25, 0.3) is 0 Å². The largest absolute Gasteiger partial charge is 0.296 e. The third-order valence-electron chi connectivity index (χ3n) is 2.34. The zero-order chi connectivity index (χ0) is 6.27. The fraction of sp³-hybridized carbons (Fsp3) is 0.857. The lowest BCUT2D eigenvalue weighted by Gasteiger charge is -2.42. The molecule has 0 amide bonds. The Morgan fingerprint density at radius 1 is 1.44 bits per heavy atom. The van der Waals surface area contributed by atoms with Gasteiger partial charge in [-0.05, 0) is 19.4 Å². The summed E-state index contributed by atoms with van der Waals surface area (Å²) in [4.78, 5) is 13.1. The second-order valence-electron chi connectivity index (χ2n) is 2.95. The smallest absolute Gasteiger partial charge is 0.163 e. The summed E-state index contributed by atoms with van der Waals surface area (Å²) in [5.74, 6) is 0.467. The number of carbonyl (C=O) groups excluding carboxylic acids is 1. The molecular weight excluding hydrogens is 114 g/mol. The summed E-state index contributed by atoms with van der Waals surface area (Å²) in [7, 11) is 0. The molecule has 1 unspecified atom stereocenters. The molecule has 0 aromatic heterocycles. The molecule has 0 aromatic rings. The summed E-state index contributed by atoms with van der Waals surface area (Å²) < 4.78 is 0. The van der Waals surface area contributed by atoms with E-state index in [1.165, 1.54) is 12.8 Å². The summed E-state index contributed by atoms with van der Waals surface area (Å²) in [6.07, 6.45) is 3.68. The Labute approximate surface area is 54.8 Å². The average Bonchev–Trinajstić information content (AvgIpc) is 1.86. The predicted molar refractivity (Wildman–Crippen MR) is 34.2 cm³/mol. The number of hydrogen-bond acceptors (Lipinski definition) is 2. The van der Waals surface area contributed by atoms with Crippen molar-refractivity contribution in [1.82, 2.24) is 4.90 Å². The minimum Gasteiger partial charge on any atom is -0.296 e. The molecule has 0 saturated carbocycles. The molecule has 2 heterocycles. The minimum atomic E-state index is 0.346. The topological polar surface area (TPSA) is 20.3 Å². The van der Waals surface area contributed by atoms with Gasteiger partial charge in [0, 0.05) is 0 Å². The highest BCUT2D eigenvalue weighted by molar-refractivity contribution is 5.91. The maximum absolute atomic E-state index is 10.8. The molecule has 2 heteroatoms. The predicted octanol–water partition coefficient (Wildman–Crippen LogP) is 0.424. The molecule has 2 saturated heterocycles. The van der Waals surface area contributed by atoms with Crippen molar-refractivity contribution in [3.05, 3.63) is 0 Å². The molecule has 0 spiro atoms. The lowest BCUT2D eigenvalue weighted by Crippen LogP contribution is -2.58. The maximum Gasteiger partial charge on any atom is 0.163 e. The highest BCUT2D eigenvalue weighted by Crippen LogP contribution is 2.24. The van der Waals surface area contributed by atoms with Gasteiger partial charge in [-0.15, -0.1) is 0 Å². The standard InChI is InChI=1S/C7H11NO/c9-7-5-8-4-2-1-3-6(7)8/h6H,1-5H2. The van der Waals surface area contributed by atoms with Crippen LogP contribution in [0.1, 0.15) is 19.3 Å². The van der Waals surface area contributed by atoms with E-state index in [0.717, 1.165) is 19.5 Å². The number of ketones is 1. The Hall–Kier alpha value is -0.370. The van der Waals surface area contributed by atoms with Crippen LogP contribution >= 0.6 is 0 Å². The van der Waals surface area contributed by atoms with Crippen LogP contribution in [-0.4, -0.2) is 29.8 Å². The van der Waals surface area contributed by atoms with Crippen LogP contribution in [0.2, 0.25) is 0 Å². The van der Waals surface area contributed by atoms with Gasteiger partial charge in [-0.3, -0.25) is 9.69 Å². The molecular formula is C7H11NO. The van der Waals surface area contributed by atoms with E-state index in [-0.39, 0.29) is 0 Å². The van der Waals surface area contributed by atoms with Crippen molar-refractivity contribution < 1.29 is 4.79 Å². The van der Waals surface area contributed by atoms with E-state index in [2.05, 4.69) is 4.90 Å². The number of hydrogen-bond donors (Lipinski definition) is 0. The first-order valence-corrected chi connectivity index (χ1v) is 3.65. The molecule has 2 nitrogen and oxygen atoms in total. The van der Waals surface area contributed by atoms with E-state index in [1.807, 2.05) is 0 Å². The van der Waals surface area contributed by atoms with Crippen LogP contribution in [0.3, 0.4) is 0 Å². The molecule has 2 aliphatic heterocycles. The van der Waals surface area contributed by atoms with Crippen LogP contribution in [0, 0.1) is 0 Å². The fourth-order valence-corrected chi connectivity index (χ4v) is 1.74. The molecule has 0 bridgehead atoms. The molecule has 0 aliphatic carbocycles. The molecule has 9 heavy (non-hydrogen) atoms. The van der Waals surface area contributed by atoms with Gasteiger partial charge in [-0.2, -0.15) is 0 Å². The highest BCUT2D eigenvalue weighted by Gasteiger charge is 2.37. The van der Waals surface area contributed by atoms with E-state index in [9.17, 15) is 4.79 Å². The summed E-state index contributed by atoms with van der Waals surface area (Å²) in [6.45, 7) is 1.90. The monoisotopic (exact) mass is 125 g/mol. The second-order valence-corrected chi connectivity index (χ2v) is 2.95.